The molecule has 1 heterocycles. The molecular weight excluding hydrogens is 308 g/mol. The van der Waals surface area contributed by atoms with Crippen LogP contribution in [0.5, 0.6) is 5.75 Å². The van der Waals surface area contributed by atoms with Crippen LogP contribution in [0.4, 0.5) is 0 Å². The molecule has 1 amide bonds. The minimum absolute atomic E-state index is 0.0196. The summed E-state index contributed by atoms with van der Waals surface area (Å²) in [5, 5.41) is 8.73. The maximum absolute atomic E-state index is 12.6. The van der Waals surface area contributed by atoms with Crippen LogP contribution in [0, 0.1) is 13.8 Å². The Kier molecular flexibility index (Phi) is 6.20. The Morgan fingerprint density at radius 2 is 1.88 bits per heavy atom. The average molecular weight is 334 g/mol. The number of hydrogen-bond donors (Lipinski definition) is 1. The summed E-state index contributed by atoms with van der Waals surface area (Å²) in [4.78, 5) is 27.1. The van der Waals surface area contributed by atoms with Crippen molar-refractivity contribution in [1.29, 1.82) is 0 Å². The van der Waals surface area contributed by atoms with Crippen LogP contribution in [0.1, 0.15) is 24.5 Å². The lowest BCUT2D eigenvalue weighted by Crippen LogP contribution is -2.52. The number of piperazine rings is 1. The van der Waals surface area contributed by atoms with Gasteiger partial charge < -0.3 is 14.7 Å². The van der Waals surface area contributed by atoms with Crippen LogP contribution in [0.3, 0.4) is 0 Å². The Morgan fingerprint density at radius 3 is 2.50 bits per heavy atom. The molecule has 0 bridgehead atoms. The highest BCUT2D eigenvalue weighted by Gasteiger charge is 2.26. The summed E-state index contributed by atoms with van der Waals surface area (Å²) >= 11 is 0. The van der Waals surface area contributed by atoms with Crippen LogP contribution < -0.4 is 4.74 Å². The van der Waals surface area contributed by atoms with Crippen molar-refractivity contribution in [2.24, 2.45) is 0 Å². The van der Waals surface area contributed by atoms with E-state index in [9.17, 15) is 9.59 Å². The van der Waals surface area contributed by atoms with E-state index in [0.717, 1.165) is 16.9 Å². The third kappa shape index (κ3) is 4.96. The van der Waals surface area contributed by atoms with Gasteiger partial charge in [-0.25, -0.2) is 0 Å². The molecule has 0 radical (unpaired) electrons. The third-order valence-corrected chi connectivity index (χ3v) is 4.32. The number of carbonyl (C=O) groups excluding carboxylic acids is 1. The smallest absolute Gasteiger partial charge is 0.304 e. The van der Waals surface area contributed by atoms with E-state index in [2.05, 4.69) is 4.90 Å². The number of nitrogens with zero attached hydrogens (tertiary/aromatic N) is 2. The molecule has 1 fully saturated rings. The van der Waals surface area contributed by atoms with E-state index >= 15 is 0 Å². The summed E-state index contributed by atoms with van der Waals surface area (Å²) < 4.78 is 5.86. The minimum atomic E-state index is -0.788. The molecule has 24 heavy (non-hydrogen) atoms. The van der Waals surface area contributed by atoms with Crippen molar-refractivity contribution in [3.05, 3.63) is 29.3 Å². The van der Waals surface area contributed by atoms with E-state index in [1.165, 1.54) is 0 Å². The van der Waals surface area contributed by atoms with Crippen molar-refractivity contribution in [3.8, 4) is 5.75 Å². The molecule has 1 aromatic rings. The number of carboxylic acid groups (broad SMARTS) is 1. The summed E-state index contributed by atoms with van der Waals surface area (Å²) in [5.41, 5.74) is 2.11. The zero-order valence-corrected chi connectivity index (χ0v) is 14.6. The minimum Gasteiger partial charge on any atom is -0.481 e. The summed E-state index contributed by atoms with van der Waals surface area (Å²) in [6.45, 7) is 8.90. The van der Waals surface area contributed by atoms with Crippen LogP contribution in [0.25, 0.3) is 0 Å². The molecule has 0 spiro atoms. The van der Waals surface area contributed by atoms with Gasteiger partial charge in [0.2, 0.25) is 0 Å². The maximum Gasteiger partial charge on any atom is 0.304 e. The Balaban J connectivity index is 1.86. The largest absolute Gasteiger partial charge is 0.481 e. The van der Waals surface area contributed by atoms with Gasteiger partial charge in [0, 0.05) is 32.7 Å². The fourth-order valence-electron chi connectivity index (χ4n) is 2.78. The van der Waals surface area contributed by atoms with Gasteiger partial charge in [-0.15, -0.1) is 0 Å². The molecule has 132 valence electrons. The van der Waals surface area contributed by atoms with E-state index in [1.807, 2.05) is 32.0 Å². The van der Waals surface area contributed by atoms with Gasteiger partial charge in [0.05, 0.1) is 6.42 Å². The highest BCUT2D eigenvalue weighted by atomic mass is 16.5. The maximum atomic E-state index is 12.6. The molecule has 2 rings (SSSR count). The number of aryl methyl sites for hydroxylation is 2. The normalized spacial score (nSPS) is 16.7. The Hall–Kier alpha value is -2.08. The van der Waals surface area contributed by atoms with Gasteiger partial charge in [-0.1, -0.05) is 12.1 Å². The molecule has 1 aliphatic rings. The van der Waals surface area contributed by atoms with Crippen molar-refractivity contribution in [1.82, 2.24) is 9.80 Å². The van der Waals surface area contributed by atoms with E-state index in [4.69, 9.17) is 9.84 Å². The number of aliphatic carboxylic acids is 1. The van der Waals surface area contributed by atoms with Crippen molar-refractivity contribution in [2.75, 3.05) is 32.7 Å². The zero-order valence-electron chi connectivity index (χ0n) is 14.6. The lowest BCUT2D eigenvalue weighted by Gasteiger charge is -2.35. The Bertz CT molecular complexity index is 595. The third-order valence-electron chi connectivity index (χ3n) is 4.32. The average Bonchev–Trinajstić information content (AvgIpc) is 2.56. The van der Waals surface area contributed by atoms with E-state index in [0.29, 0.717) is 32.7 Å². The fraction of sp³-hybridized carbons (Fsp3) is 0.556. The van der Waals surface area contributed by atoms with Gasteiger partial charge in [0.15, 0.2) is 6.10 Å². The molecule has 1 aliphatic heterocycles. The standard InChI is InChI=1S/C18H26N2O4/c1-13-4-5-14(2)16(12-13)24-15(3)18(23)20-10-8-19(9-11-20)7-6-17(21)22/h4-5,12,15H,6-11H2,1-3H3,(H,21,22)/t15-/m0/s1. The molecule has 1 aromatic carbocycles. The molecule has 0 aromatic heterocycles. The lowest BCUT2D eigenvalue weighted by molar-refractivity contribution is -0.141. The van der Waals surface area contributed by atoms with Crippen molar-refractivity contribution in [3.63, 3.8) is 0 Å². The molecule has 6 heteroatoms. The SMILES string of the molecule is Cc1ccc(C)c(O[C@@H](C)C(=O)N2CCN(CCC(=O)O)CC2)c1. The van der Waals surface area contributed by atoms with Gasteiger partial charge in [-0.05, 0) is 38.0 Å². The molecule has 0 unspecified atom stereocenters. The number of rotatable bonds is 6. The number of hydrogen-bond acceptors (Lipinski definition) is 4. The van der Waals surface area contributed by atoms with Crippen molar-refractivity contribution in [2.45, 2.75) is 33.3 Å². The number of benzene rings is 1. The summed E-state index contributed by atoms with van der Waals surface area (Å²) in [6, 6.07) is 5.96. The van der Waals surface area contributed by atoms with Crippen molar-refractivity contribution < 1.29 is 19.4 Å². The first-order chi connectivity index (χ1) is 11.4. The first kappa shape index (κ1) is 18.3. The first-order valence-electron chi connectivity index (χ1n) is 8.33. The number of carboxylic acids is 1. The van der Waals surface area contributed by atoms with Gasteiger partial charge in [0.25, 0.3) is 5.91 Å². The molecule has 1 atom stereocenters. The Morgan fingerprint density at radius 1 is 1.21 bits per heavy atom. The van der Waals surface area contributed by atoms with Gasteiger partial charge in [0.1, 0.15) is 5.75 Å². The van der Waals surface area contributed by atoms with Crippen LogP contribution in [0.2, 0.25) is 0 Å². The summed E-state index contributed by atoms with van der Waals surface area (Å²) in [7, 11) is 0. The van der Waals surface area contributed by atoms with Gasteiger partial charge in [-0.3, -0.25) is 14.5 Å². The molecule has 1 N–H and O–H groups in total. The van der Waals surface area contributed by atoms with Crippen LogP contribution in [-0.2, 0) is 9.59 Å². The van der Waals surface area contributed by atoms with E-state index in [-0.39, 0.29) is 12.3 Å². The first-order valence-corrected chi connectivity index (χ1v) is 8.33. The predicted molar refractivity (Wildman–Crippen MR) is 91.3 cm³/mol. The second-order valence-electron chi connectivity index (χ2n) is 6.34. The van der Waals surface area contributed by atoms with Gasteiger partial charge in [-0.2, -0.15) is 0 Å². The van der Waals surface area contributed by atoms with E-state index < -0.39 is 12.1 Å². The second-order valence-corrected chi connectivity index (χ2v) is 6.34. The molecule has 0 saturated carbocycles. The molecule has 0 aliphatic carbocycles. The van der Waals surface area contributed by atoms with Crippen LogP contribution in [-0.4, -0.2) is 65.6 Å². The predicted octanol–water partition coefficient (Wildman–Crippen LogP) is 1.69. The molecule has 1 saturated heterocycles. The topological polar surface area (TPSA) is 70.1 Å². The summed E-state index contributed by atoms with van der Waals surface area (Å²) in [6.07, 6.45) is -0.392. The van der Waals surface area contributed by atoms with Gasteiger partial charge >= 0.3 is 5.97 Å². The highest BCUT2D eigenvalue weighted by molar-refractivity contribution is 5.81. The Labute approximate surface area is 143 Å². The van der Waals surface area contributed by atoms with Crippen LogP contribution >= 0.6 is 0 Å². The fourth-order valence-corrected chi connectivity index (χ4v) is 2.78. The summed E-state index contributed by atoms with van der Waals surface area (Å²) in [5.74, 6) is -0.0613. The van der Waals surface area contributed by atoms with E-state index in [1.54, 1.807) is 11.8 Å². The van der Waals surface area contributed by atoms with Crippen LogP contribution in [0.15, 0.2) is 18.2 Å². The molecule has 6 nitrogen and oxygen atoms in total. The zero-order chi connectivity index (χ0) is 17.7. The quantitative estimate of drug-likeness (QED) is 0.857. The number of amides is 1. The second kappa shape index (κ2) is 8.15. The number of ether oxygens (including phenoxy) is 1. The van der Waals surface area contributed by atoms with Crippen molar-refractivity contribution >= 4 is 11.9 Å². The molecular formula is C18H26N2O4. The highest BCUT2D eigenvalue weighted by Crippen LogP contribution is 2.21. The monoisotopic (exact) mass is 334 g/mol. The number of carbonyl (C=O) groups is 2. The lowest BCUT2D eigenvalue weighted by atomic mass is 10.1.